The number of carbonyl (C=O) groups excluding carboxylic acids is 1. The zero-order valence-electron chi connectivity index (χ0n) is 18.7. The number of nitrogens with zero attached hydrogens (tertiary/aromatic N) is 2. The van der Waals surface area contributed by atoms with Crippen LogP contribution in [0.3, 0.4) is 0 Å². The van der Waals surface area contributed by atoms with E-state index in [9.17, 15) is 20.0 Å². The number of nitriles is 1. The fourth-order valence-corrected chi connectivity index (χ4v) is 4.36. The number of benzene rings is 3. The lowest BCUT2D eigenvalue weighted by molar-refractivity contribution is -0.138. The molecule has 0 aliphatic heterocycles. The molecular formula is C27H24Cl2N2O3. The predicted molar refractivity (Wildman–Crippen MR) is 135 cm³/mol. The molecule has 1 amide bonds. The summed E-state index contributed by atoms with van der Waals surface area (Å²) in [5.41, 5.74) is 1.59. The van der Waals surface area contributed by atoms with Gasteiger partial charge in [0.2, 0.25) is 0 Å². The van der Waals surface area contributed by atoms with Gasteiger partial charge in [-0.15, -0.1) is 6.58 Å². The van der Waals surface area contributed by atoms with E-state index < -0.39 is 12.0 Å². The number of fused-ring (bicyclic) bond motifs is 1. The minimum Gasteiger partial charge on any atom is -0.481 e. The lowest BCUT2D eigenvalue weighted by Crippen LogP contribution is -2.42. The molecule has 0 radical (unpaired) electrons. The van der Waals surface area contributed by atoms with E-state index in [1.807, 2.05) is 30.3 Å². The van der Waals surface area contributed by atoms with Crippen molar-refractivity contribution in [3.63, 3.8) is 0 Å². The molecule has 0 heterocycles. The number of carboxylic acids is 1. The van der Waals surface area contributed by atoms with Gasteiger partial charge in [-0.25, -0.2) is 0 Å². The molecule has 0 aromatic heterocycles. The summed E-state index contributed by atoms with van der Waals surface area (Å²) in [6, 6.07) is 17.4. The first-order chi connectivity index (χ1) is 16.2. The van der Waals surface area contributed by atoms with Crippen LogP contribution in [0.1, 0.15) is 47.2 Å². The van der Waals surface area contributed by atoms with Crippen LogP contribution >= 0.6 is 23.2 Å². The van der Waals surface area contributed by atoms with E-state index in [0.29, 0.717) is 33.0 Å². The number of aliphatic carboxylic acids is 1. The number of carboxylic acid groups (broad SMARTS) is 1. The highest BCUT2D eigenvalue weighted by molar-refractivity contribution is 6.42. The SMILES string of the molecule is C=CCC(CN(C(=O)c1cc(C#N)cc2ccccc12)[C@H](C)CC(=O)O)c1ccc(Cl)c(Cl)c1. The van der Waals surface area contributed by atoms with Crippen molar-refractivity contribution < 1.29 is 14.7 Å². The van der Waals surface area contributed by atoms with Gasteiger partial charge in [0.15, 0.2) is 0 Å². The van der Waals surface area contributed by atoms with Crippen LogP contribution < -0.4 is 0 Å². The number of allylic oxidation sites excluding steroid dienone is 1. The third-order valence-electron chi connectivity index (χ3n) is 5.77. The van der Waals surface area contributed by atoms with Gasteiger partial charge in [0, 0.05) is 24.1 Å². The fourth-order valence-electron chi connectivity index (χ4n) is 4.05. The van der Waals surface area contributed by atoms with Crippen LogP contribution in [0.15, 0.2) is 67.3 Å². The summed E-state index contributed by atoms with van der Waals surface area (Å²) in [5.74, 6) is -1.52. The highest BCUT2D eigenvalue weighted by Gasteiger charge is 2.28. The quantitative estimate of drug-likeness (QED) is 0.336. The summed E-state index contributed by atoms with van der Waals surface area (Å²) in [7, 11) is 0. The fraction of sp³-hybridized carbons (Fsp3) is 0.222. The zero-order valence-corrected chi connectivity index (χ0v) is 20.2. The first kappa shape index (κ1) is 25.3. The molecule has 174 valence electrons. The van der Waals surface area contributed by atoms with Crippen molar-refractivity contribution in [3.05, 3.63) is 94.0 Å². The molecule has 2 atom stereocenters. The van der Waals surface area contributed by atoms with Crippen molar-refractivity contribution in [2.24, 2.45) is 0 Å². The number of amides is 1. The van der Waals surface area contributed by atoms with Crippen LogP contribution in [0.2, 0.25) is 10.0 Å². The summed E-state index contributed by atoms with van der Waals surface area (Å²) in [6.45, 7) is 5.79. The first-order valence-corrected chi connectivity index (χ1v) is 11.5. The van der Waals surface area contributed by atoms with Crippen LogP contribution in [0.5, 0.6) is 0 Å². The first-order valence-electron chi connectivity index (χ1n) is 10.8. The van der Waals surface area contributed by atoms with Crippen molar-refractivity contribution in [1.82, 2.24) is 4.90 Å². The Morgan fingerprint density at radius 1 is 1.15 bits per heavy atom. The summed E-state index contributed by atoms with van der Waals surface area (Å²) < 4.78 is 0. The average molecular weight is 495 g/mol. The minimum atomic E-state index is -1.00. The Kier molecular flexibility index (Phi) is 8.33. The predicted octanol–water partition coefficient (Wildman–Crippen LogP) is 6.68. The molecule has 1 unspecified atom stereocenters. The maximum atomic E-state index is 13.9. The maximum Gasteiger partial charge on any atom is 0.305 e. The molecule has 0 bridgehead atoms. The van der Waals surface area contributed by atoms with E-state index in [1.165, 1.54) is 0 Å². The number of hydrogen-bond acceptors (Lipinski definition) is 3. The highest BCUT2D eigenvalue weighted by Crippen LogP contribution is 2.31. The summed E-state index contributed by atoms with van der Waals surface area (Å²) >= 11 is 12.3. The second-order valence-electron chi connectivity index (χ2n) is 8.16. The summed E-state index contributed by atoms with van der Waals surface area (Å²) in [6.07, 6.45) is 2.08. The van der Waals surface area contributed by atoms with Crippen molar-refractivity contribution in [2.45, 2.75) is 31.7 Å². The van der Waals surface area contributed by atoms with Crippen molar-refractivity contribution >= 4 is 45.9 Å². The van der Waals surface area contributed by atoms with Gasteiger partial charge in [-0.3, -0.25) is 9.59 Å². The van der Waals surface area contributed by atoms with Gasteiger partial charge in [-0.2, -0.15) is 5.26 Å². The van der Waals surface area contributed by atoms with Crippen LogP contribution in [-0.4, -0.2) is 34.5 Å². The normalized spacial score (nSPS) is 12.5. The summed E-state index contributed by atoms with van der Waals surface area (Å²) in [4.78, 5) is 27.0. The Morgan fingerprint density at radius 2 is 1.88 bits per heavy atom. The second-order valence-corrected chi connectivity index (χ2v) is 8.97. The van der Waals surface area contributed by atoms with Crippen molar-refractivity contribution in [2.75, 3.05) is 6.54 Å². The van der Waals surface area contributed by atoms with Gasteiger partial charge in [-0.1, -0.05) is 59.6 Å². The number of hydrogen-bond donors (Lipinski definition) is 1. The minimum absolute atomic E-state index is 0.183. The molecule has 0 spiro atoms. The Balaban J connectivity index is 2.08. The van der Waals surface area contributed by atoms with E-state index in [-0.39, 0.29) is 24.8 Å². The summed E-state index contributed by atoms with van der Waals surface area (Å²) in [5, 5.41) is 21.2. The van der Waals surface area contributed by atoms with Gasteiger partial charge in [0.1, 0.15) is 0 Å². The lowest BCUT2D eigenvalue weighted by atomic mass is 9.93. The largest absolute Gasteiger partial charge is 0.481 e. The van der Waals surface area contributed by atoms with Gasteiger partial charge >= 0.3 is 5.97 Å². The topological polar surface area (TPSA) is 81.4 Å². The van der Waals surface area contributed by atoms with Crippen molar-refractivity contribution in [1.29, 1.82) is 5.26 Å². The molecule has 0 saturated carbocycles. The molecule has 0 aliphatic rings. The molecule has 34 heavy (non-hydrogen) atoms. The zero-order chi connectivity index (χ0) is 24.8. The van der Waals surface area contributed by atoms with Gasteiger partial charge in [0.05, 0.1) is 28.1 Å². The molecule has 1 N–H and O–H groups in total. The standard InChI is InChI=1S/C27H24Cl2N2O3/c1-3-6-21(19-9-10-24(28)25(29)14-19)16-31(17(2)11-26(32)33)27(34)23-13-18(15-30)12-20-7-4-5-8-22(20)23/h3-5,7-10,12-14,17,21H,1,6,11,16H2,2H3,(H,32,33)/t17-,21?/m1/s1. The highest BCUT2D eigenvalue weighted by atomic mass is 35.5. The van der Waals surface area contributed by atoms with E-state index in [0.717, 1.165) is 10.9 Å². The van der Waals surface area contributed by atoms with Crippen LogP contribution in [-0.2, 0) is 4.79 Å². The third kappa shape index (κ3) is 5.77. The van der Waals surface area contributed by atoms with E-state index in [2.05, 4.69) is 12.6 Å². The Hall–Kier alpha value is -3.33. The Morgan fingerprint density at radius 3 is 2.53 bits per heavy atom. The molecule has 0 aliphatic carbocycles. The molecular weight excluding hydrogens is 471 g/mol. The molecule has 0 fully saturated rings. The third-order valence-corrected chi connectivity index (χ3v) is 6.51. The number of carbonyl (C=O) groups is 2. The van der Waals surface area contributed by atoms with Crippen LogP contribution in [0.4, 0.5) is 0 Å². The van der Waals surface area contributed by atoms with Crippen molar-refractivity contribution in [3.8, 4) is 6.07 Å². The van der Waals surface area contributed by atoms with E-state index in [4.69, 9.17) is 23.2 Å². The molecule has 3 rings (SSSR count). The van der Waals surface area contributed by atoms with Gasteiger partial charge < -0.3 is 10.0 Å². The smallest absolute Gasteiger partial charge is 0.305 e. The lowest BCUT2D eigenvalue weighted by Gasteiger charge is -2.33. The van der Waals surface area contributed by atoms with Gasteiger partial charge in [0.25, 0.3) is 5.91 Å². The molecule has 0 saturated heterocycles. The average Bonchev–Trinajstić information content (AvgIpc) is 2.81. The maximum absolute atomic E-state index is 13.9. The van der Waals surface area contributed by atoms with Crippen LogP contribution in [0, 0.1) is 11.3 Å². The van der Waals surface area contributed by atoms with Gasteiger partial charge in [-0.05, 0) is 53.9 Å². The molecule has 7 heteroatoms. The van der Waals surface area contributed by atoms with E-state index >= 15 is 0 Å². The molecule has 3 aromatic carbocycles. The molecule has 3 aromatic rings. The van der Waals surface area contributed by atoms with Crippen LogP contribution in [0.25, 0.3) is 10.8 Å². The number of halogens is 2. The Labute approximate surface area is 208 Å². The van der Waals surface area contributed by atoms with E-state index in [1.54, 1.807) is 42.2 Å². The number of rotatable bonds is 9. The molecule has 5 nitrogen and oxygen atoms in total. The second kappa shape index (κ2) is 11.2. The Bertz CT molecular complexity index is 1280. The monoisotopic (exact) mass is 494 g/mol.